The molecule has 1 aromatic rings. The molecule has 1 aliphatic rings. The van der Waals surface area contributed by atoms with Crippen molar-refractivity contribution in [2.24, 2.45) is 7.05 Å². The second kappa shape index (κ2) is 6.18. The van der Waals surface area contributed by atoms with Crippen LogP contribution < -0.4 is 5.32 Å². The van der Waals surface area contributed by atoms with E-state index in [2.05, 4.69) is 30.5 Å². The Bertz CT molecular complexity index is 479. The molecule has 112 valence electrons. The summed E-state index contributed by atoms with van der Waals surface area (Å²) in [4.78, 5) is 12.4. The first kappa shape index (κ1) is 15.4. The molecule has 1 aliphatic heterocycles. The van der Waals surface area contributed by atoms with Gasteiger partial charge in [0.25, 0.3) is 5.91 Å². The molecule has 1 saturated heterocycles. The van der Waals surface area contributed by atoms with Crippen LogP contribution in [0.3, 0.4) is 0 Å². The molecular formula is C14H23N3O2S. The van der Waals surface area contributed by atoms with Crippen molar-refractivity contribution in [3.63, 3.8) is 0 Å². The zero-order chi connectivity index (χ0) is 14.8. The van der Waals surface area contributed by atoms with Gasteiger partial charge in [-0.05, 0) is 26.5 Å². The van der Waals surface area contributed by atoms with Gasteiger partial charge in [0.05, 0.1) is 17.9 Å². The van der Waals surface area contributed by atoms with Crippen LogP contribution in [0, 0.1) is 0 Å². The number of nitrogens with zero attached hydrogens (tertiary/aromatic N) is 2. The van der Waals surface area contributed by atoms with Crippen molar-refractivity contribution < 1.29 is 9.53 Å². The fourth-order valence-electron chi connectivity index (χ4n) is 2.19. The third-order valence-electron chi connectivity index (χ3n) is 3.65. The summed E-state index contributed by atoms with van der Waals surface area (Å²) in [7, 11) is 1.85. The van der Waals surface area contributed by atoms with E-state index in [4.69, 9.17) is 4.74 Å². The Morgan fingerprint density at radius 3 is 3.00 bits per heavy atom. The van der Waals surface area contributed by atoms with E-state index in [0.29, 0.717) is 18.7 Å². The number of aromatic nitrogens is 2. The summed E-state index contributed by atoms with van der Waals surface area (Å²) in [5.74, 6) is 0.202. The Balaban J connectivity index is 2.09. The van der Waals surface area contributed by atoms with Gasteiger partial charge in [0, 0.05) is 37.1 Å². The lowest BCUT2D eigenvalue weighted by Gasteiger charge is -2.22. The van der Waals surface area contributed by atoms with Crippen molar-refractivity contribution in [3.8, 4) is 0 Å². The number of amides is 1. The van der Waals surface area contributed by atoms with Crippen LogP contribution in [0.4, 0.5) is 0 Å². The Kier molecular flexibility index (Phi) is 4.75. The van der Waals surface area contributed by atoms with Gasteiger partial charge in [-0.15, -0.1) is 0 Å². The van der Waals surface area contributed by atoms with E-state index < -0.39 is 0 Å². The molecule has 20 heavy (non-hydrogen) atoms. The minimum atomic E-state index is -0.0397. The first-order valence-electron chi connectivity index (χ1n) is 6.87. The van der Waals surface area contributed by atoms with Crippen LogP contribution in [0.25, 0.3) is 0 Å². The zero-order valence-electron chi connectivity index (χ0n) is 12.6. The molecular weight excluding hydrogens is 274 g/mol. The van der Waals surface area contributed by atoms with Crippen LogP contribution >= 0.6 is 11.8 Å². The molecule has 1 aromatic heterocycles. The number of rotatable bonds is 5. The molecule has 0 saturated carbocycles. The molecule has 6 heteroatoms. The van der Waals surface area contributed by atoms with Crippen molar-refractivity contribution in [3.05, 3.63) is 17.5 Å². The number of aryl methyl sites for hydroxylation is 1. The summed E-state index contributed by atoms with van der Waals surface area (Å²) in [6, 6.07) is 0. The smallest absolute Gasteiger partial charge is 0.254 e. The fourth-order valence-corrected chi connectivity index (χ4v) is 2.41. The van der Waals surface area contributed by atoms with Gasteiger partial charge in [-0.25, -0.2) is 0 Å². The van der Waals surface area contributed by atoms with Crippen LogP contribution in [-0.2, 0) is 11.8 Å². The number of hydrogen-bond acceptors (Lipinski definition) is 4. The van der Waals surface area contributed by atoms with E-state index in [1.54, 1.807) is 22.6 Å². The Hall–Kier alpha value is -1.01. The van der Waals surface area contributed by atoms with Crippen LogP contribution in [0.1, 0.15) is 42.2 Å². The van der Waals surface area contributed by atoms with Crippen LogP contribution in [0.5, 0.6) is 0 Å². The van der Waals surface area contributed by atoms with Gasteiger partial charge in [-0.1, -0.05) is 0 Å². The predicted octanol–water partition coefficient (Wildman–Crippen LogP) is 1.80. The van der Waals surface area contributed by atoms with Crippen molar-refractivity contribution in [2.75, 3.05) is 26.0 Å². The number of ether oxygens (including phenoxy) is 1. The molecule has 0 bridgehead atoms. The van der Waals surface area contributed by atoms with E-state index in [-0.39, 0.29) is 16.6 Å². The molecule has 2 rings (SSSR count). The van der Waals surface area contributed by atoms with Gasteiger partial charge in [0.2, 0.25) is 0 Å². The van der Waals surface area contributed by atoms with Gasteiger partial charge in [0.1, 0.15) is 0 Å². The summed E-state index contributed by atoms with van der Waals surface area (Å²) in [6.07, 6.45) is 4.79. The summed E-state index contributed by atoms with van der Waals surface area (Å²) < 4.78 is 7.15. The molecule has 1 atom stereocenters. The highest BCUT2D eigenvalue weighted by Crippen LogP contribution is 2.27. The molecule has 1 amide bonds. The summed E-state index contributed by atoms with van der Waals surface area (Å²) in [6.45, 7) is 6.29. The number of carbonyl (C=O) groups is 1. The molecule has 0 unspecified atom stereocenters. The van der Waals surface area contributed by atoms with Crippen molar-refractivity contribution in [1.82, 2.24) is 15.1 Å². The van der Waals surface area contributed by atoms with E-state index in [1.165, 1.54) is 0 Å². The highest BCUT2D eigenvalue weighted by Gasteiger charge is 2.27. The number of nitrogens with one attached hydrogen (secondary N) is 1. The maximum absolute atomic E-state index is 12.4. The Labute approximate surface area is 124 Å². The third-order valence-corrected chi connectivity index (χ3v) is 4.90. The summed E-state index contributed by atoms with van der Waals surface area (Å²) >= 11 is 1.74. The van der Waals surface area contributed by atoms with Gasteiger partial charge in [-0.3, -0.25) is 9.48 Å². The molecule has 0 radical (unpaired) electrons. The van der Waals surface area contributed by atoms with Gasteiger partial charge >= 0.3 is 0 Å². The number of carbonyl (C=O) groups excluding carboxylic acids is 1. The van der Waals surface area contributed by atoms with E-state index >= 15 is 0 Å². The second-order valence-electron chi connectivity index (χ2n) is 5.81. The Morgan fingerprint density at radius 1 is 1.65 bits per heavy atom. The molecule has 1 N–H and O–H groups in total. The average molecular weight is 297 g/mol. The largest absolute Gasteiger partial charge is 0.381 e. The molecule has 1 fully saturated rings. The maximum atomic E-state index is 12.4. The number of hydrogen-bond donors (Lipinski definition) is 1. The lowest BCUT2D eigenvalue weighted by molar-refractivity contribution is 0.0949. The fraction of sp³-hybridized carbons (Fsp3) is 0.714. The lowest BCUT2D eigenvalue weighted by Crippen LogP contribution is -2.36. The quantitative estimate of drug-likeness (QED) is 0.900. The van der Waals surface area contributed by atoms with E-state index in [1.807, 2.05) is 7.05 Å². The van der Waals surface area contributed by atoms with Gasteiger partial charge in [-0.2, -0.15) is 16.9 Å². The molecule has 0 aromatic carbocycles. The molecule has 0 aliphatic carbocycles. The predicted molar refractivity (Wildman–Crippen MR) is 81.3 cm³/mol. The van der Waals surface area contributed by atoms with Crippen molar-refractivity contribution in [1.29, 1.82) is 0 Å². The molecule has 0 spiro atoms. The zero-order valence-corrected chi connectivity index (χ0v) is 13.4. The molecule has 2 heterocycles. The first-order chi connectivity index (χ1) is 9.43. The summed E-state index contributed by atoms with van der Waals surface area (Å²) in [5.41, 5.74) is 1.55. The first-order valence-corrected chi connectivity index (χ1v) is 8.10. The average Bonchev–Trinajstić information content (AvgIpc) is 3.04. The third kappa shape index (κ3) is 3.55. The van der Waals surface area contributed by atoms with Crippen LogP contribution in [0.15, 0.2) is 6.20 Å². The van der Waals surface area contributed by atoms with Crippen molar-refractivity contribution >= 4 is 17.7 Å². The van der Waals surface area contributed by atoms with E-state index in [0.717, 1.165) is 18.7 Å². The van der Waals surface area contributed by atoms with Crippen LogP contribution in [-0.4, -0.2) is 46.4 Å². The van der Waals surface area contributed by atoms with Gasteiger partial charge < -0.3 is 10.1 Å². The summed E-state index contributed by atoms with van der Waals surface area (Å²) in [5, 5.41) is 7.46. The Morgan fingerprint density at radius 2 is 2.40 bits per heavy atom. The monoisotopic (exact) mass is 297 g/mol. The number of thioether (sulfide) groups is 1. The van der Waals surface area contributed by atoms with Crippen molar-refractivity contribution in [2.45, 2.75) is 30.9 Å². The second-order valence-corrected chi connectivity index (χ2v) is 7.32. The standard InChI is InChI=1S/C14H23N3O2S/c1-14(2,20-4)9-15-13(18)11-7-17(3)16-12(11)10-5-6-19-8-10/h7,10H,5-6,8-9H2,1-4H3,(H,15,18)/t10-/m0/s1. The van der Waals surface area contributed by atoms with Crippen LogP contribution in [0.2, 0.25) is 0 Å². The highest BCUT2D eigenvalue weighted by molar-refractivity contribution is 7.99. The van der Waals surface area contributed by atoms with E-state index in [9.17, 15) is 4.79 Å². The topological polar surface area (TPSA) is 56.2 Å². The SMILES string of the molecule is CSC(C)(C)CNC(=O)c1cn(C)nc1[C@H]1CCOC1. The highest BCUT2D eigenvalue weighted by atomic mass is 32.2. The lowest BCUT2D eigenvalue weighted by atomic mass is 10.0. The molecule has 5 nitrogen and oxygen atoms in total. The van der Waals surface area contributed by atoms with Gasteiger partial charge in [0.15, 0.2) is 0 Å². The normalized spacial score (nSPS) is 19.3. The minimum absolute atomic E-state index is 0.0362. The maximum Gasteiger partial charge on any atom is 0.254 e. The minimum Gasteiger partial charge on any atom is -0.381 e.